The van der Waals surface area contributed by atoms with E-state index >= 15 is 0 Å². The fraction of sp³-hybridized carbons (Fsp3) is 0.333. The van der Waals surface area contributed by atoms with E-state index in [0.717, 1.165) is 21.4 Å². The number of aliphatic hydroxyl groups excluding tert-OH is 1. The first-order chi connectivity index (χ1) is 7.65. The SMILES string of the molecule is COc1c(C(O)C(C)N)ccc2sccc12. The van der Waals surface area contributed by atoms with Crippen LogP contribution in [0.1, 0.15) is 18.6 Å². The molecule has 2 unspecified atom stereocenters. The fourth-order valence-electron chi connectivity index (χ4n) is 1.78. The minimum atomic E-state index is -0.695. The number of methoxy groups -OCH3 is 1. The van der Waals surface area contributed by atoms with Gasteiger partial charge in [0, 0.05) is 21.7 Å². The molecule has 1 aromatic heterocycles. The molecule has 2 aromatic rings. The lowest BCUT2D eigenvalue weighted by Gasteiger charge is -2.18. The number of nitrogens with two attached hydrogens (primary N) is 1. The Morgan fingerprint density at radius 2 is 2.12 bits per heavy atom. The average Bonchev–Trinajstić information content (AvgIpc) is 2.74. The highest BCUT2D eigenvalue weighted by Gasteiger charge is 2.19. The van der Waals surface area contributed by atoms with Crippen molar-refractivity contribution >= 4 is 21.4 Å². The van der Waals surface area contributed by atoms with Gasteiger partial charge >= 0.3 is 0 Å². The number of hydrogen-bond donors (Lipinski definition) is 2. The Labute approximate surface area is 98.5 Å². The molecule has 0 aliphatic heterocycles. The topological polar surface area (TPSA) is 55.5 Å². The molecular formula is C12H15NO2S. The fourth-order valence-corrected chi connectivity index (χ4v) is 2.56. The van der Waals surface area contributed by atoms with Gasteiger partial charge < -0.3 is 15.6 Å². The van der Waals surface area contributed by atoms with Gasteiger partial charge in [0.05, 0.1) is 13.2 Å². The average molecular weight is 237 g/mol. The lowest BCUT2D eigenvalue weighted by atomic mass is 10.0. The summed E-state index contributed by atoms with van der Waals surface area (Å²) in [6.45, 7) is 1.78. The van der Waals surface area contributed by atoms with Crippen molar-refractivity contribution < 1.29 is 9.84 Å². The number of fused-ring (bicyclic) bond motifs is 1. The quantitative estimate of drug-likeness (QED) is 0.861. The Morgan fingerprint density at radius 1 is 1.38 bits per heavy atom. The van der Waals surface area contributed by atoms with Crippen molar-refractivity contribution in [3.63, 3.8) is 0 Å². The van der Waals surface area contributed by atoms with E-state index in [0.29, 0.717) is 0 Å². The summed E-state index contributed by atoms with van der Waals surface area (Å²) in [6, 6.07) is 5.55. The molecule has 0 saturated carbocycles. The lowest BCUT2D eigenvalue weighted by molar-refractivity contribution is 0.150. The summed E-state index contributed by atoms with van der Waals surface area (Å²) in [7, 11) is 1.61. The molecule has 16 heavy (non-hydrogen) atoms. The molecular weight excluding hydrogens is 222 g/mol. The number of thiophene rings is 1. The summed E-state index contributed by atoms with van der Waals surface area (Å²) in [5.41, 5.74) is 6.46. The van der Waals surface area contributed by atoms with Crippen LogP contribution in [0.15, 0.2) is 23.6 Å². The summed E-state index contributed by atoms with van der Waals surface area (Å²) < 4.78 is 6.53. The Balaban J connectivity index is 2.60. The first kappa shape index (κ1) is 11.4. The van der Waals surface area contributed by atoms with Crippen LogP contribution < -0.4 is 10.5 Å². The van der Waals surface area contributed by atoms with Gasteiger partial charge in [0.15, 0.2) is 0 Å². The second-order valence-corrected chi connectivity index (χ2v) is 4.77. The summed E-state index contributed by atoms with van der Waals surface area (Å²) in [5, 5.41) is 13.0. The minimum absolute atomic E-state index is 0.315. The van der Waals surface area contributed by atoms with Gasteiger partial charge in [-0.05, 0) is 24.4 Å². The molecule has 1 aromatic carbocycles. The van der Waals surface area contributed by atoms with Crippen molar-refractivity contribution in [1.82, 2.24) is 0 Å². The van der Waals surface area contributed by atoms with Crippen LogP contribution in [-0.4, -0.2) is 18.3 Å². The molecule has 0 fully saturated rings. The Morgan fingerprint density at radius 3 is 2.75 bits per heavy atom. The Bertz CT molecular complexity index is 493. The van der Waals surface area contributed by atoms with Crippen molar-refractivity contribution in [2.75, 3.05) is 7.11 Å². The molecule has 2 atom stereocenters. The normalized spacial score (nSPS) is 15.0. The maximum absolute atomic E-state index is 10.0. The largest absolute Gasteiger partial charge is 0.496 e. The molecule has 0 aliphatic carbocycles. The predicted octanol–water partition coefficient (Wildman–Crippen LogP) is 2.29. The second-order valence-electron chi connectivity index (χ2n) is 3.82. The molecule has 4 heteroatoms. The van der Waals surface area contributed by atoms with Crippen molar-refractivity contribution in [3.05, 3.63) is 29.1 Å². The summed E-state index contributed by atoms with van der Waals surface area (Å²) in [5.74, 6) is 0.726. The van der Waals surface area contributed by atoms with Crippen LogP contribution in [0.25, 0.3) is 10.1 Å². The number of benzene rings is 1. The minimum Gasteiger partial charge on any atom is -0.496 e. The highest BCUT2D eigenvalue weighted by atomic mass is 32.1. The lowest BCUT2D eigenvalue weighted by Crippen LogP contribution is -2.24. The van der Waals surface area contributed by atoms with Gasteiger partial charge in [0.25, 0.3) is 0 Å². The van der Waals surface area contributed by atoms with E-state index in [1.165, 1.54) is 0 Å². The molecule has 0 aliphatic rings. The van der Waals surface area contributed by atoms with Crippen LogP contribution in [0.4, 0.5) is 0 Å². The van der Waals surface area contributed by atoms with Crippen molar-refractivity contribution in [1.29, 1.82) is 0 Å². The zero-order chi connectivity index (χ0) is 11.7. The van der Waals surface area contributed by atoms with Crippen LogP contribution in [0.3, 0.4) is 0 Å². The zero-order valence-electron chi connectivity index (χ0n) is 9.31. The van der Waals surface area contributed by atoms with Crippen LogP contribution in [0.5, 0.6) is 5.75 Å². The molecule has 3 nitrogen and oxygen atoms in total. The summed E-state index contributed by atoms with van der Waals surface area (Å²) >= 11 is 1.65. The molecule has 2 rings (SSSR count). The molecule has 0 bridgehead atoms. The van der Waals surface area contributed by atoms with Gasteiger partial charge in [0.1, 0.15) is 5.75 Å². The first-order valence-electron chi connectivity index (χ1n) is 5.13. The number of ether oxygens (including phenoxy) is 1. The van der Waals surface area contributed by atoms with E-state index in [1.807, 2.05) is 23.6 Å². The van der Waals surface area contributed by atoms with Gasteiger partial charge in [-0.1, -0.05) is 6.07 Å². The highest BCUT2D eigenvalue weighted by Crippen LogP contribution is 2.36. The van der Waals surface area contributed by atoms with E-state index in [1.54, 1.807) is 25.4 Å². The van der Waals surface area contributed by atoms with Crippen molar-refractivity contribution in [3.8, 4) is 5.75 Å². The third kappa shape index (κ3) is 1.80. The van der Waals surface area contributed by atoms with Crippen LogP contribution >= 0.6 is 11.3 Å². The van der Waals surface area contributed by atoms with E-state index in [4.69, 9.17) is 10.5 Å². The molecule has 0 radical (unpaired) electrons. The van der Waals surface area contributed by atoms with E-state index in [2.05, 4.69) is 0 Å². The van der Waals surface area contributed by atoms with Crippen molar-refractivity contribution in [2.45, 2.75) is 19.1 Å². The molecule has 0 saturated heterocycles. The van der Waals surface area contributed by atoms with Crippen LogP contribution in [0, 0.1) is 0 Å². The van der Waals surface area contributed by atoms with Gasteiger partial charge in [-0.25, -0.2) is 0 Å². The maximum atomic E-state index is 10.0. The molecule has 0 spiro atoms. The molecule has 3 N–H and O–H groups in total. The zero-order valence-corrected chi connectivity index (χ0v) is 10.1. The van der Waals surface area contributed by atoms with E-state index < -0.39 is 6.10 Å². The third-order valence-corrected chi connectivity index (χ3v) is 3.52. The monoisotopic (exact) mass is 237 g/mol. The van der Waals surface area contributed by atoms with Crippen LogP contribution in [0.2, 0.25) is 0 Å². The Kier molecular flexibility index (Phi) is 3.14. The second kappa shape index (κ2) is 4.41. The third-order valence-electron chi connectivity index (χ3n) is 2.64. The van der Waals surface area contributed by atoms with Gasteiger partial charge in [0.2, 0.25) is 0 Å². The smallest absolute Gasteiger partial charge is 0.133 e. The standard InChI is InChI=1S/C12H15NO2S/c1-7(13)11(14)9-3-4-10-8(5-6-16-10)12(9)15-2/h3-7,11,14H,13H2,1-2H3. The van der Waals surface area contributed by atoms with Gasteiger partial charge in [-0.15, -0.1) is 11.3 Å². The summed E-state index contributed by atoms with van der Waals surface area (Å²) in [6.07, 6.45) is -0.695. The molecule has 0 amide bonds. The maximum Gasteiger partial charge on any atom is 0.133 e. The van der Waals surface area contributed by atoms with Gasteiger partial charge in [-0.2, -0.15) is 0 Å². The highest BCUT2D eigenvalue weighted by molar-refractivity contribution is 7.17. The molecule has 1 heterocycles. The van der Waals surface area contributed by atoms with E-state index in [9.17, 15) is 5.11 Å². The van der Waals surface area contributed by atoms with Crippen molar-refractivity contribution in [2.24, 2.45) is 5.73 Å². The Hall–Kier alpha value is -1.10. The molecule has 86 valence electrons. The predicted molar refractivity (Wildman–Crippen MR) is 67.0 cm³/mol. The summed E-state index contributed by atoms with van der Waals surface area (Å²) in [4.78, 5) is 0. The number of rotatable bonds is 3. The number of aliphatic hydroxyl groups is 1. The van der Waals surface area contributed by atoms with E-state index in [-0.39, 0.29) is 6.04 Å². The first-order valence-corrected chi connectivity index (χ1v) is 6.01. The van der Waals surface area contributed by atoms with Gasteiger partial charge in [-0.3, -0.25) is 0 Å². The number of hydrogen-bond acceptors (Lipinski definition) is 4. The van der Waals surface area contributed by atoms with Crippen LogP contribution in [-0.2, 0) is 0 Å².